The van der Waals surface area contributed by atoms with Gasteiger partial charge in [-0.25, -0.2) is 0 Å². The molecule has 0 spiro atoms. The normalized spacial score (nSPS) is 30.2. The molecule has 4 rings (SSSR count). The number of aliphatic hydroxyl groups is 2. The molecule has 2 aromatic carbocycles. The second kappa shape index (κ2) is 9.61. The van der Waals surface area contributed by atoms with E-state index in [0.29, 0.717) is 24.7 Å². The topological polar surface area (TPSA) is 49.7 Å². The molecule has 0 radical (unpaired) electrons. The molecule has 1 aliphatic carbocycles. The minimum atomic E-state index is -0.432. The Morgan fingerprint density at radius 1 is 0.931 bits per heavy atom. The van der Waals surface area contributed by atoms with Gasteiger partial charge in [0.2, 0.25) is 0 Å². The molecule has 0 amide bonds. The predicted octanol–water partition coefficient (Wildman–Crippen LogP) is 5.43. The van der Waals surface area contributed by atoms with Crippen LogP contribution in [-0.2, 0) is 11.2 Å². The fraction of sp³-hybridized carbons (Fsp3) is 0.520. The molecule has 2 N–H and O–H groups in total. The summed E-state index contributed by atoms with van der Waals surface area (Å²) in [4.78, 5) is 0. The molecule has 3 atom stereocenters. The van der Waals surface area contributed by atoms with Gasteiger partial charge in [0.05, 0.1) is 24.9 Å². The second-order valence-corrected chi connectivity index (χ2v) is 9.15. The van der Waals surface area contributed by atoms with Gasteiger partial charge in [-0.3, -0.25) is 0 Å². The first-order valence-corrected chi connectivity index (χ1v) is 11.3. The van der Waals surface area contributed by atoms with Crippen LogP contribution in [0, 0.1) is 5.92 Å². The highest BCUT2D eigenvalue weighted by molar-refractivity contribution is 6.31. The smallest absolute Gasteiger partial charge is 0.0854 e. The summed E-state index contributed by atoms with van der Waals surface area (Å²) in [5.41, 5.74) is 3.70. The molecule has 3 nitrogen and oxygen atoms in total. The van der Waals surface area contributed by atoms with Crippen LogP contribution in [0.3, 0.4) is 0 Å². The number of hydrogen-bond acceptors (Lipinski definition) is 3. The summed E-state index contributed by atoms with van der Waals surface area (Å²) in [6, 6.07) is 17.0. The molecule has 2 aliphatic rings. The van der Waals surface area contributed by atoms with E-state index in [2.05, 4.69) is 36.4 Å². The molecule has 4 heteroatoms. The van der Waals surface area contributed by atoms with Crippen LogP contribution in [0.4, 0.5) is 0 Å². The largest absolute Gasteiger partial charge is 0.394 e. The fourth-order valence-corrected chi connectivity index (χ4v) is 5.20. The number of aliphatic hydroxyl groups excluding tert-OH is 2. The standard InChI is InChI=1S/C25H31ClO3/c26-24-11-10-20(25-15-22(28)14-23(16-27)29-25)13-21(24)12-17-6-8-19(9-7-17)18-4-2-1-3-5-18/h1-5,10-11,13,17,19,22-23,25,27-28H,6-9,12,14-16H2. The van der Waals surface area contributed by atoms with E-state index in [4.69, 9.17) is 16.3 Å². The van der Waals surface area contributed by atoms with Gasteiger partial charge in [-0.15, -0.1) is 0 Å². The van der Waals surface area contributed by atoms with Gasteiger partial charge < -0.3 is 14.9 Å². The Labute approximate surface area is 178 Å². The van der Waals surface area contributed by atoms with Crippen molar-refractivity contribution in [2.24, 2.45) is 5.92 Å². The van der Waals surface area contributed by atoms with E-state index in [1.54, 1.807) is 0 Å². The van der Waals surface area contributed by atoms with Crippen molar-refractivity contribution >= 4 is 11.6 Å². The van der Waals surface area contributed by atoms with Gasteiger partial charge in [0.1, 0.15) is 0 Å². The van der Waals surface area contributed by atoms with E-state index in [1.165, 1.54) is 36.8 Å². The average molecular weight is 415 g/mol. The third-order valence-corrected chi connectivity index (χ3v) is 7.02. The Hall–Kier alpha value is -1.39. The summed E-state index contributed by atoms with van der Waals surface area (Å²) in [6.45, 7) is -0.0569. The van der Waals surface area contributed by atoms with E-state index in [1.807, 2.05) is 12.1 Å². The number of rotatable bonds is 5. The van der Waals surface area contributed by atoms with E-state index >= 15 is 0 Å². The Balaban J connectivity index is 1.40. The van der Waals surface area contributed by atoms with E-state index in [0.717, 1.165) is 17.0 Å². The summed E-state index contributed by atoms with van der Waals surface area (Å²) in [7, 11) is 0. The number of benzene rings is 2. The maximum Gasteiger partial charge on any atom is 0.0854 e. The molecular weight excluding hydrogens is 384 g/mol. The molecule has 0 aromatic heterocycles. The Kier molecular flexibility index (Phi) is 6.92. The maximum absolute atomic E-state index is 10.1. The van der Waals surface area contributed by atoms with Gasteiger partial charge in [-0.05, 0) is 66.7 Å². The van der Waals surface area contributed by atoms with Crippen molar-refractivity contribution in [1.29, 1.82) is 0 Å². The van der Waals surface area contributed by atoms with Crippen molar-refractivity contribution in [2.45, 2.75) is 69.2 Å². The number of ether oxygens (including phenoxy) is 1. The van der Waals surface area contributed by atoms with Gasteiger partial charge in [-0.1, -0.05) is 54.1 Å². The predicted molar refractivity (Wildman–Crippen MR) is 116 cm³/mol. The molecule has 0 bridgehead atoms. The van der Waals surface area contributed by atoms with Crippen LogP contribution in [0.25, 0.3) is 0 Å². The van der Waals surface area contributed by atoms with E-state index in [-0.39, 0.29) is 18.8 Å². The fourth-order valence-electron chi connectivity index (χ4n) is 5.01. The quantitative estimate of drug-likeness (QED) is 0.685. The SMILES string of the molecule is OCC1CC(O)CC(c2ccc(Cl)c(CC3CCC(c4ccccc4)CC3)c2)O1. The van der Waals surface area contributed by atoms with Gasteiger partial charge in [-0.2, -0.15) is 0 Å². The van der Waals surface area contributed by atoms with E-state index in [9.17, 15) is 10.2 Å². The van der Waals surface area contributed by atoms with Gasteiger partial charge in [0, 0.05) is 17.9 Å². The Bertz CT molecular complexity index is 786. The molecular formula is C25H31ClO3. The lowest BCUT2D eigenvalue weighted by atomic mass is 9.76. The minimum absolute atomic E-state index is 0.0569. The highest BCUT2D eigenvalue weighted by atomic mass is 35.5. The molecule has 1 saturated carbocycles. The molecule has 3 unspecified atom stereocenters. The average Bonchev–Trinajstić information content (AvgIpc) is 2.76. The molecule has 29 heavy (non-hydrogen) atoms. The Morgan fingerprint density at radius 3 is 2.41 bits per heavy atom. The molecule has 2 fully saturated rings. The van der Waals surface area contributed by atoms with Crippen molar-refractivity contribution in [1.82, 2.24) is 0 Å². The lowest BCUT2D eigenvalue weighted by Crippen LogP contribution is -2.33. The zero-order valence-electron chi connectivity index (χ0n) is 16.8. The maximum atomic E-state index is 10.1. The Morgan fingerprint density at radius 2 is 1.69 bits per heavy atom. The first-order valence-electron chi connectivity index (χ1n) is 10.9. The van der Waals surface area contributed by atoms with E-state index < -0.39 is 6.10 Å². The van der Waals surface area contributed by atoms with Gasteiger partial charge in [0.15, 0.2) is 0 Å². The molecule has 1 saturated heterocycles. The van der Waals surface area contributed by atoms with Crippen molar-refractivity contribution < 1.29 is 14.9 Å². The molecule has 156 valence electrons. The first kappa shape index (κ1) is 20.9. The van der Waals surface area contributed by atoms with Crippen molar-refractivity contribution in [2.75, 3.05) is 6.61 Å². The summed E-state index contributed by atoms with van der Waals surface area (Å²) in [5.74, 6) is 1.34. The van der Waals surface area contributed by atoms with Gasteiger partial charge >= 0.3 is 0 Å². The van der Waals surface area contributed by atoms with Crippen LogP contribution in [0.5, 0.6) is 0 Å². The second-order valence-electron chi connectivity index (χ2n) is 8.74. The zero-order valence-corrected chi connectivity index (χ0v) is 17.6. The van der Waals surface area contributed by atoms with Crippen LogP contribution < -0.4 is 0 Å². The van der Waals surface area contributed by atoms with Crippen molar-refractivity contribution in [3.05, 3.63) is 70.2 Å². The highest BCUT2D eigenvalue weighted by Gasteiger charge is 2.29. The van der Waals surface area contributed by atoms with Crippen LogP contribution in [0.2, 0.25) is 5.02 Å². The van der Waals surface area contributed by atoms with Crippen molar-refractivity contribution in [3.63, 3.8) is 0 Å². The summed E-state index contributed by atoms with van der Waals surface area (Å²) >= 11 is 6.53. The number of halogens is 1. The third kappa shape index (κ3) is 5.21. The summed E-state index contributed by atoms with van der Waals surface area (Å²) in [5, 5.41) is 20.4. The third-order valence-electron chi connectivity index (χ3n) is 6.65. The lowest BCUT2D eigenvalue weighted by molar-refractivity contribution is -0.113. The van der Waals surface area contributed by atoms with Gasteiger partial charge in [0.25, 0.3) is 0 Å². The first-order chi connectivity index (χ1) is 14.1. The highest BCUT2D eigenvalue weighted by Crippen LogP contribution is 2.39. The van der Waals surface area contributed by atoms with Crippen LogP contribution in [-0.4, -0.2) is 29.0 Å². The van der Waals surface area contributed by atoms with Crippen LogP contribution >= 0.6 is 11.6 Å². The molecule has 1 heterocycles. The van der Waals surface area contributed by atoms with Crippen LogP contribution in [0.15, 0.2) is 48.5 Å². The van der Waals surface area contributed by atoms with Crippen LogP contribution in [0.1, 0.15) is 67.2 Å². The molecule has 1 aliphatic heterocycles. The monoisotopic (exact) mass is 414 g/mol. The summed E-state index contributed by atoms with van der Waals surface area (Å²) < 4.78 is 5.99. The number of hydrogen-bond donors (Lipinski definition) is 2. The molecule has 2 aromatic rings. The zero-order chi connectivity index (χ0) is 20.2. The van der Waals surface area contributed by atoms with Crippen molar-refractivity contribution in [3.8, 4) is 0 Å². The minimum Gasteiger partial charge on any atom is -0.394 e. The summed E-state index contributed by atoms with van der Waals surface area (Å²) in [6.07, 6.45) is 6.08. The lowest BCUT2D eigenvalue weighted by Gasteiger charge is -2.33.